The second kappa shape index (κ2) is 7.65. The minimum atomic E-state index is -0.149. The molecule has 0 radical (unpaired) electrons. The largest absolute Gasteiger partial charge is 0.492 e. The van der Waals surface area contributed by atoms with E-state index in [-0.39, 0.29) is 12.5 Å². The van der Waals surface area contributed by atoms with Gasteiger partial charge in [-0.15, -0.1) is 0 Å². The Kier molecular flexibility index (Phi) is 6.06. The molecule has 0 aliphatic rings. The van der Waals surface area contributed by atoms with Crippen LogP contribution in [0.4, 0.5) is 0 Å². The molecule has 1 rings (SSSR count). The highest BCUT2D eigenvalue weighted by molar-refractivity contribution is 5.94. The zero-order chi connectivity index (χ0) is 12.5. The maximum Gasteiger partial charge on any atom is 0.251 e. The van der Waals surface area contributed by atoms with Crippen molar-refractivity contribution in [3.63, 3.8) is 0 Å². The Bertz CT molecular complexity index is 338. The molecule has 0 saturated heterocycles. The maximum absolute atomic E-state index is 11.6. The Morgan fingerprint density at radius 3 is 2.65 bits per heavy atom. The predicted octanol–water partition coefficient (Wildman–Crippen LogP) is 0.136. The second-order valence-corrected chi connectivity index (χ2v) is 3.49. The van der Waals surface area contributed by atoms with Crippen molar-refractivity contribution >= 4 is 5.91 Å². The summed E-state index contributed by atoms with van der Waals surface area (Å²) in [5.74, 6) is 0.547. The fourth-order valence-electron chi connectivity index (χ4n) is 1.26. The lowest BCUT2D eigenvalue weighted by Gasteiger charge is -2.06. The van der Waals surface area contributed by atoms with Crippen LogP contribution in [-0.2, 0) is 0 Å². The molecule has 0 fully saturated rings. The van der Waals surface area contributed by atoms with Crippen molar-refractivity contribution in [1.82, 2.24) is 5.32 Å². The van der Waals surface area contributed by atoms with Crippen LogP contribution in [0.5, 0.6) is 5.75 Å². The van der Waals surface area contributed by atoms with Crippen molar-refractivity contribution in [3.8, 4) is 5.75 Å². The summed E-state index contributed by atoms with van der Waals surface area (Å²) >= 11 is 0. The average Bonchev–Trinajstić information content (AvgIpc) is 2.37. The summed E-state index contributed by atoms with van der Waals surface area (Å²) in [6.07, 6.45) is 0.559. The average molecular weight is 238 g/mol. The molecule has 0 bridgehead atoms. The van der Waals surface area contributed by atoms with Gasteiger partial charge in [0.2, 0.25) is 0 Å². The molecule has 94 valence electrons. The number of aliphatic hydroxyl groups is 1. The molecule has 1 amide bonds. The zero-order valence-corrected chi connectivity index (χ0v) is 9.69. The van der Waals surface area contributed by atoms with Crippen molar-refractivity contribution in [3.05, 3.63) is 29.8 Å². The van der Waals surface area contributed by atoms with Gasteiger partial charge in [0.25, 0.3) is 5.91 Å². The Balaban J connectivity index is 2.46. The summed E-state index contributed by atoms with van der Waals surface area (Å²) in [5.41, 5.74) is 5.89. The highest BCUT2D eigenvalue weighted by Crippen LogP contribution is 2.11. The second-order valence-electron chi connectivity index (χ2n) is 3.49. The number of hydrogen-bond acceptors (Lipinski definition) is 4. The number of amides is 1. The van der Waals surface area contributed by atoms with Crippen LogP contribution in [0, 0.1) is 0 Å². The lowest BCUT2D eigenvalue weighted by molar-refractivity contribution is 0.0951. The van der Waals surface area contributed by atoms with Gasteiger partial charge < -0.3 is 20.9 Å². The Morgan fingerprint density at radius 2 is 2.06 bits per heavy atom. The first-order chi connectivity index (χ1) is 8.27. The third-order valence-corrected chi connectivity index (χ3v) is 2.12. The van der Waals surface area contributed by atoms with Crippen LogP contribution >= 0.6 is 0 Å². The van der Waals surface area contributed by atoms with E-state index in [0.717, 1.165) is 0 Å². The van der Waals surface area contributed by atoms with Gasteiger partial charge in [0, 0.05) is 25.3 Å². The maximum atomic E-state index is 11.6. The molecule has 4 N–H and O–H groups in total. The van der Waals surface area contributed by atoms with Gasteiger partial charge in [0.05, 0.1) is 0 Å². The van der Waals surface area contributed by atoms with Gasteiger partial charge in [-0.1, -0.05) is 0 Å². The Labute approximate surface area is 101 Å². The molecule has 1 aromatic rings. The van der Waals surface area contributed by atoms with Crippen molar-refractivity contribution < 1.29 is 14.6 Å². The van der Waals surface area contributed by atoms with Gasteiger partial charge in [-0.3, -0.25) is 4.79 Å². The van der Waals surface area contributed by atoms with E-state index < -0.39 is 0 Å². The summed E-state index contributed by atoms with van der Waals surface area (Å²) in [5, 5.41) is 11.3. The van der Waals surface area contributed by atoms with Gasteiger partial charge in [-0.05, 0) is 30.7 Å². The van der Waals surface area contributed by atoms with Crippen LogP contribution in [0.1, 0.15) is 16.8 Å². The standard InChI is InChI=1S/C12H18N2O3/c13-6-9-17-11-4-2-10(3-5-11)12(16)14-7-1-8-15/h2-5,15H,1,6-9,13H2,(H,14,16). The van der Waals surface area contributed by atoms with E-state index in [4.69, 9.17) is 15.6 Å². The van der Waals surface area contributed by atoms with Crippen LogP contribution in [0.2, 0.25) is 0 Å². The van der Waals surface area contributed by atoms with Crippen molar-refractivity contribution in [1.29, 1.82) is 0 Å². The summed E-state index contributed by atoms with van der Waals surface area (Å²) in [7, 11) is 0. The van der Waals surface area contributed by atoms with Gasteiger partial charge in [0.1, 0.15) is 12.4 Å². The number of rotatable bonds is 7. The normalized spacial score (nSPS) is 10.0. The number of aliphatic hydroxyl groups excluding tert-OH is 1. The molecule has 0 aromatic heterocycles. The van der Waals surface area contributed by atoms with E-state index in [9.17, 15) is 4.79 Å². The monoisotopic (exact) mass is 238 g/mol. The van der Waals surface area contributed by atoms with Gasteiger partial charge >= 0.3 is 0 Å². The minimum absolute atomic E-state index is 0.0755. The summed E-state index contributed by atoms with van der Waals surface area (Å²) in [6.45, 7) is 1.47. The van der Waals surface area contributed by atoms with Gasteiger partial charge in [0.15, 0.2) is 0 Å². The fraction of sp³-hybridized carbons (Fsp3) is 0.417. The van der Waals surface area contributed by atoms with Crippen LogP contribution in [0.3, 0.4) is 0 Å². The molecule has 0 heterocycles. The SMILES string of the molecule is NCCOc1ccc(C(=O)NCCCO)cc1. The van der Waals surface area contributed by atoms with Crippen LogP contribution in [0.25, 0.3) is 0 Å². The summed E-state index contributed by atoms with van der Waals surface area (Å²) in [6, 6.07) is 6.85. The van der Waals surface area contributed by atoms with Crippen LogP contribution < -0.4 is 15.8 Å². The first-order valence-electron chi connectivity index (χ1n) is 5.60. The van der Waals surface area contributed by atoms with Crippen LogP contribution in [0.15, 0.2) is 24.3 Å². The first-order valence-corrected chi connectivity index (χ1v) is 5.60. The molecular weight excluding hydrogens is 220 g/mol. The topological polar surface area (TPSA) is 84.6 Å². The molecule has 0 unspecified atom stereocenters. The molecule has 0 aliphatic heterocycles. The lowest BCUT2D eigenvalue weighted by atomic mass is 10.2. The van der Waals surface area contributed by atoms with E-state index in [0.29, 0.717) is 37.4 Å². The van der Waals surface area contributed by atoms with E-state index in [2.05, 4.69) is 5.32 Å². The number of benzene rings is 1. The Morgan fingerprint density at radius 1 is 1.35 bits per heavy atom. The fourth-order valence-corrected chi connectivity index (χ4v) is 1.26. The van der Waals surface area contributed by atoms with Crippen molar-refractivity contribution in [2.24, 2.45) is 5.73 Å². The quantitative estimate of drug-likeness (QED) is 0.590. The van der Waals surface area contributed by atoms with Crippen molar-refractivity contribution in [2.75, 3.05) is 26.3 Å². The first kappa shape index (κ1) is 13.5. The molecule has 17 heavy (non-hydrogen) atoms. The lowest BCUT2D eigenvalue weighted by Crippen LogP contribution is -2.24. The number of hydrogen-bond donors (Lipinski definition) is 3. The number of nitrogens with two attached hydrogens (primary N) is 1. The molecule has 5 nitrogen and oxygen atoms in total. The van der Waals surface area contributed by atoms with Gasteiger partial charge in [-0.2, -0.15) is 0 Å². The van der Waals surface area contributed by atoms with E-state index in [1.807, 2.05) is 0 Å². The van der Waals surface area contributed by atoms with E-state index >= 15 is 0 Å². The van der Waals surface area contributed by atoms with E-state index in [1.165, 1.54) is 0 Å². The Hall–Kier alpha value is -1.59. The molecule has 1 aromatic carbocycles. The minimum Gasteiger partial charge on any atom is -0.492 e. The highest BCUT2D eigenvalue weighted by Gasteiger charge is 2.04. The molecule has 5 heteroatoms. The number of carbonyl (C=O) groups is 1. The number of carbonyl (C=O) groups excluding carboxylic acids is 1. The molecule has 0 aliphatic carbocycles. The highest BCUT2D eigenvalue weighted by atomic mass is 16.5. The summed E-state index contributed by atoms with van der Waals surface area (Å²) < 4.78 is 5.30. The zero-order valence-electron chi connectivity index (χ0n) is 9.69. The number of nitrogens with one attached hydrogen (secondary N) is 1. The van der Waals surface area contributed by atoms with Crippen LogP contribution in [-0.4, -0.2) is 37.3 Å². The van der Waals surface area contributed by atoms with E-state index in [1.54, 1.807) is 24.3 Å². The molecule has 0 spiro atoms. The molecule has 0 saturated carbocycles. The third-order valence-electron chi connectivity index (χ3n) is 2.12. The van der Waals surface area contributed by atoms with Crippen molar-refractivity contribution in [2.45, 2.75) is 6.42 Å². The predicted molar refractivity (Wildman–Crippen MR) is 65.0 cm³/mol. The third kappa shape index (κ3) is 4.84. The molecular formula is C12H18N2O3. The smallest absolute Gasteiger partial charge is 0.251 e. The molecule has 0 atom stereocenters. The number of ether oxygens (including phenoxy) is 1. The summed E-state index contributed by atoms with van der Waals surface area (Å²) in [4.78, 5) is 11.6. The van der Waals surface area contributed by atoms with Gasteiger partial charge in [-0.25, -0.2) is 0 Å².